The van der Waals surface area contributed by atoms with Gasteiger partial charge >= 0.3 is 0 Å². The second-order valence-corrected chi connectivity index (χ2v) is 9.27. The second kappa shape index (κ2) is 8.75. The third-order valence-electron chi connectivity index (χ3n) is 7.31. The average molecular weight is 482 g/mol. The molecule has 1 fully saturated rings. The van der Waals surface area contributed by atoms with Crippen molar-refractivity contribution in [3.8, 4) is 11.5 Å². The Morgan fingerprint density at radius 2 is 1.67 bits per heavy atom. The molecule has 0 saturated carbocycles. The number of piperazine rings is 1. The fraction of sp³-hybridized carbons (Fsp3) is 0.241. The monoisotopic (exact) mass is 481 g/mol. The van der Waals surface area contributed by atoms with Gasteiger partial charge in [0.1, 0.15) is 30.1 Å². The van der Waals surface area contributed by atoms with Crippen molar-refractivity contribution in [2.45, 2.75) is 25.0 Å². The first kappa shape index (κ1) is 22.2. The lowest BCUT2D eigenvalue weighted by Gasteiger charge is -2.47. The highest BCUT2D eigenvalue weighted by Gasteiger charge is 2.48. The van der Waals surface area contributed by atoms with E-state index in [9.17, 15) is 9.59 Å². The number of ether oxygens (including phenoxy) is 2. The highest BCUT2D eigenvalue weighted by Crippen LogP contribution is 2.44. The Labute approximate surface area is 209 Å². The number of carbonyl (C=O) groups is 2. The van der Waals surface area contributed by atoms with E-state index in [2.05, 4.69) is 11.1 Å². The van der Waals surface area contributed by atoms with Crippen LogP contribution in [0.15, 0.2) is 72.8 Å². The fourth-order valence-corrected chi connectivity index (χ4v) is 5.63. The number of hydrogen-bond donors (Lipinski definition) is 1. The van der Waals surface area contributed by atoms with E-state index in [1.165, 1.54) is 0 Å². The van der Waals surface area contributed by atoms with E-state index >= 15 is 0 Å². The molecule has 1 saturated heterocycles. The number of carbonyl (C=O) groups excluding carboxylic acids is 2. The van der Waals surface area contributed by atoms with Gasteiger partial charge in [-0.05, 0) is 35.4 Å². The lowest BCUT2D eigenvalue weighted by molar-refractivity contribution is -0.159. The van der Waals surface area contributed by atoms with Crippen molar-refractivity contribution < 1.29 is 19.1 Å². The molecule has 2 amide bonds. The van der Waals surface area contributed by atoms with Crippen LogP contribution in [0.4, 0.5) is 0 Å². The third kappa shape index (κ3) is 3.50. The Hall–Kier alpha value is -4.26. The predicted octanol–water partition coefficient (Wildman–Crippen LogP) is 4.07. The van der Waals surface area contributed by atoms with E-state index in [0.717, 1.165) is 39.0 Å². The molecular formula is C29H27N3O4. The van der Waals surface area contributed by atoms with Gasteiger partial charge in [0.15, 0.2) is 0 Å². The minimum atomic E-state index is -0.592. The van der Waals surface area contributed by atoms with Crippen LogP contribution in [0, 0.1) is 0 Å². The van der Waals surface area contributed by atoms with Crippen LogP contribution in [0.1, 0.15) is 28.4 Å². The van der Waals surface area contributed by atoms with Gasteiger partial charge in [-0.2, -0.15) is 0 Å². The highest BCUT2D eigenvalue weighted by atomic mass is 16.5. The number of hydrogen-bond acceptors (Lipinski definition) is 4. The number of methoxy groups -OCH3 is 2. The Morgan fingerprint density at radius 3 is 2.44 bits per heavy atom. The van der Waals surface area contributed by atoms with Crippen molar-refractivity contribution in [1.82, 2.24) is 14.8 Å². The van der Waals surface area contributed by atoms with Gasteiger partial charge < -0.3 is 24.3 Å². The van der Waals surface area contributed by atoms with Gasteiger partial charge in [-0.1, -0.05) is 48.5 Å². The number of fused-ring (bicyclic) bond motifs is 4. The summed E-state index contributed by atoms with van der Waals surface area (Å²) in [5.74, 6) is 1.33. The molecule has 2 atom stereocenters. The van der Waals surface area contributed by atoms with Crippen molar-refractivity contribution in [3.63, 3.8) is 0 Å². The Balaban J connectivity index is 1.44. The molecular weight excluding hydrogens is 454 g/mol. The van der Waals surface area contributed by atoms with Crippen LogP contribution >= 0.6 is 0 Å². The van der Waals surface area contributed by atoms with Gasteiger partial charge in [-0.15, -0.1) is 0 Å². The number of H-pyrrole nitrogens is 1. The molecule has 3 heterocycles. The molecule has 182 valence electrons. The van der Waals surface area contributed by atoms with Crippen LogP contribution in [0.2, 0.25) is 0 Å². The molecule has 6 rings (SSSR count). The molecule has 0 spiro atoms. The van der Waals surface area contributed by atoms with E-state index in [1.807, 2.05) is 66.7 Å². The van der Waals surface area contributed by atoms with E-state index < -0.39 is 12.1 Å². The molecule has 4 aromatic rings. The van der Waals surface area contributed by atoms with E-state index in [-0.39, 0.29) is 18.4 Å². The van der Waals surface area contributed by atoms with Crippen LogP contribution in [0.25, 0.3) is 10.9 Å². The number of nitrogens with one attached hydrogen (secondary N) is 1. The average Bonchev–Trinajstić information content (AvgIpc) is 3.29. The molecule has 1 aromatic heterocycles. The van der Waals surface area contributed by atoms with Crippen LogP contribution < -0.4 is 9.47 Å². The zero-order valence-electron chi connectivity index (χ0n) is 20.2. The van der Waals surface area contributed by atoms with Crippen LogP contribution in [0.3, 0.4) is 0 Å². The Morgan fingerprint density at radius 1 is 0.917 bits per heavy atom. The summed E-state index contributed by atoms with van der Waals surface area (Å²) in [5, 5.41) is 1.08. The van der Waals surface area contributed by atoms with Crippen LogP contribution in [-0.4, -0.2) is 53.4 Å². The van der Waals surface area contributed by atoms with Crippen molar-refractivity contribution in [2.24, 2.45) is 0 Å². The zero-order chi connectivity index (χ0) is 24.8. The minimum Gasteiger partial charge on any atom is -0.497 e. The first-order valence-electron chi connectivity index (χ1n) is 12.0. The van der Waals surface area contributed by atoms with Gasteiger partial charge in [0, 0.05) is 35.1 Å². The van der Waals surface area contributed by atoms with Crippen molar-refractivity contribution in [3.05, 3.63) is 95.2 Å². The highest BCUT2D eigenvalue weighted by molar-refractivity contribution is 5.97. The summed E-state index contributed by atoms with van der Waals surface area (Å²) >= 11 is 0. The first-order valence-corrected chi connectivity index (χ1v) is 12.0. The van der Waals surface area contributed by atoms with Crippen molar-refractivity contribution in [1.29, 1.82) is 0 Å². The fourth-order valence-electron chi connectivity index (χ4n) is 5.63. The number of rotatable bonds is 5. The zero-order valence-corrected chi connectivity index (χ0v) is 20.2. The van der Waals surface area contributed by atoms with E-state index in [4.69, 9.17) is 9.47 Å². The lowest BCUT2D eigenvalue weighted by Crippen LogP contribution is -2.62. The third-order valence-corrected chi connectivity index (χ3v) is 7.31. The number of para-hydroxylation sites is 2. The molecule has 7 heteroatoms. The largest absolute Gasteiger partial charge is 0.497 e. The predicted molar refractivity (Wildman–Crippen MR) is 136 cm³/mol. The number of benzene rings is 3. The van der Waals surface area contributed by atoms with Gasteiger partial charge in [-0.25, -0.2) is 0 Å². The lowest BCUT2D eigenvalue weighted by atomic mass is 9.86. The van der Waals surface area contributed by atoms with E-state index in [0.29, 0.717) is 18.7 Å². The van der Waals surface area contributed by atoms with Crippen molar-refractivity contribution >= 4 is 22.7 Å². The normalized spacial score (nSPS) is 19.3. The summed E-state index contributed by atoms with van der Waals surface area (Å²) in [6.45, 7) is 0.404. The van der Waals surface area contributed by atoms with Gasteiger partial charge in [0.05, 0.1) is 14.2 Å². The standard InChI is InChI=1S/C29H27N3O4/c1-35-19-13-11-18(12-14-19)16-31-17-26(33)32-24(29(31)34)15-22-20-7-3-5-9-23(20)30-27(22)28(32)21-8-4-6-10-25(21)36-2/h3-14,24,28,30H,15-17H2,1-2H3/t24-,28-/m0/s1. The Bertz CT molecular complexity index is 1460. The smallest absolute Gasteiger partial charge is 0.246 e. The topological polar surface area (TPSA) is 74.9 Å². The van der Waals surface area contributed by atoms with Crippen LogP contribution in [0.5, 0.6) is 11.5 Å². The number of aromatic amines is 1. The molecule has 1 N–H and O–H groups in total. The summed E-state index contributed by atoms with van der Waals surface area (Å²) in [6.07, 6.45) is 0.467. The summed E-state index contributed by atoms with van der Waals surface area (Å²) in [4.78, 5) is 34.6. The van der Waals surface area contributed by atoms with E-state index in [1.54, 1.807) is 24.0 Å². The first-order chi connectivity index (χ1) is 17.6. The molecule has 0 radical (unpaired) electrons. The number of amides is 2. The summed E-state index contributed by atoms with van der Waals surface area (Å²) in [6, 6.07) is 22.4. The molecule has 2 aliphatic rings. The molecule has 2 aliphatic heterocycles. The molecule has 7 nitrogen and oxygen atoms in total. The maximum atomic E-state index is 13.9. The summed E-state index contributed by atoms with van der Waals surface area (Å²) < 4.78 is 10.9. The quantitative estimate of drug-likeness (QED) is 0.466. The summed E-state index contributed by atoms with van der Waals surface area (Å²) in [7, 11) is 3.25. The number of nitrogens with zero attached hydrogens (tertiary/aromatic N) is 2. The molecule has 36 heavy (non-hydrogen) atoms. The maximum Gasteiger partial charge on any atom is 0.246 e. The van der Waals surface area contributed by atoms with Gasteiger partial charge in [0.25, 0.3) is 0 Å². The van der Waals surface area contributed by atoms with Gasteiger partial charge in [-0.3, -0.25) is 9.59 Å². The molecule has 0 bridgehead atoms. The Kier molecular flexibility index (Phi) is 5.40. The SMILES string of the molecule is COc1ccc(CN2CC(=O)N3[C@@H](c4ccccc4OC)c4[nH]c5ccccc5c4C[C@H]3C2=O)cc1. The number of aromatic nitrogens is 1. The maximum absolute atomic E-state index is 13.9. The molecule has 3 aromatic carbocycles. The second-order valence-electron chi connectivity index (χ2n) is 9.27. The van der Waals surface area contributed by atoms with Crippen LogP contribution in [-0.2, 0) is 22.6 Å². The minimum absolute atomic E-state index is 0.0303. The van der Waals surface area contributed by atoms with Gasteiger partial charge in [0.2, 0.25) is 11.8 Å². The molecule has 0 unspecified atom stereocenters. The van der Waals surface area contributed by atoms with Crippen molar-refractivity contribution in [2.75, 3.05) is 20.8 Å². The summed E-state index contributed by atoms with van der Waals surface area (Å²) in [5.41, 5.74) is 4.84. The molecule has 0 aliphatic carbocycles.